The molecule has 0 unspecified atom stereocenters. The number of rotatable bonds is 6. The van der Waals surface area contributed by atoms with Crippen LogP contribution in [-0.4, -0.2) is 42.2 Å². The van der Waals surface area contributed by atoms with E-state index in [9.17, 15) is 4.79 Å². The Labute approximate surface area is 141 Å². The largest absolute Gasteiger partial charge is 0.482 e. The minimum atomic E-state index is -0.964. The molecule has 2 N–H and O–H groups in total. The van der Waals surface area contributed by atoms with Crippen LogP contribution in [0, 0.1) is 0 Å². The molecule has 1 fully saturated rings. The molecule has 0 amide bonds. The topological polar surface area (TPSA) is 61.8 Å². The molecule has 0 bridgehead atoms. The molecular weight excluding hydrogens is 304 g/mol. The van der Waals surface area contributed by atoms with Crippen LogP contribution in [0.15, 0.2) is 54.6 Å². The monoisotopic (exact) mass is 326 g/mol. The summed E-state index contributed by atoms with van der Waals surface area (Å²) in [7, 11) is 0. The van der Waals surface area contributed by atoms with E-state index in [1.54, 1.807) is 0 Å². The molecule has 5 heteroatoms. The van der Waals surface area contributed by atoms with Crippen LogP contribution in [0.2, 0.25) is 0 Å². The van der Waals surface area contributed by atoms with Crippen LogP contribution >= 0.6 is 0 Å². The number of piperazine rings is 1. The van der Waals surface area contributed by atoms with Gasteiger partial charge < -0.3 is 15.2 Å². The molecule has 1 atom stereocenters. The molecule has 2 aromatic carbocycles. The summed E-state index contributed by atoms with van der Waals surface area (Å²) < 4.78 is 5.44. The summed E-state index contributed by atoms with van der Waals surface area (Å²) in [6.45, 7) is 3.20. The van der Waals surface area contributed by atoms with Gasteiger partial charge in [-0.05, 0) is 11.6 Å². The molecule has 0 aliphatic carbocycles. The average Bonchev–Trinajstić information content (AvgIpc) is 2.62. The van der Waals surface area contributed by atoms with Crippen molar-refractivity contribution in [1.29, 1.82) is 0 Å². The fourth-order valence-corrected chi connectivity index (χ4v) is 3.07. The highest BCUT2D eigenvalue weighted by Crippen LogP contribution is 2.27. The smallest absolute Gasteiger partial charge is 0.341 e. The van der Waals surface area contributed by atoms with Crippen LogP contribution in [-0.2, 0) is 11.3 Å². The predicted octanol–water partition coefficient (Wildman–Crippen LogP) is 2.30. The quantitative estimate of drug-likeness (QED) is 0.853. The van der Waals surface area contributed by atoms with Crippen molar-refractivity contribution in [3.63, 3.8) is 0 Å². The van der Waals surface area contributed by atoms with E-state index in [0.717, 1.165) is 31.7 Å². The van der Waals surface area contributed by atoms with Crippen molar-refractivity contribution in [3.8, 4) is 5.75 Å². The minimum absolute atomic E-state index is 0.299. The maximum atomic E-state index is 10.8. The molecule has 1 aliphatic rings. The van der Waals surface area contributed by atoms with Gasteiger partial charge in [0.2, 0.25) is 0 Å². The molecular formula is C19H22N2O3. The molecule has 0 spiro atoms. The van der Waals surface area contributed by atoms with Crippen molar-refractivity contribution in [3.05, 3.63) is 65.7 Å². The van der Waals surface area contributed by atoms with Gasteiger partial charge in [-0.3, -0.25) is 4.90 Å². The van der Waals surface area contributed by atoms with Crippen molar-refractivity contribution in [1.82, 2.24) is 10.2 Å². The molecule has 1 heterocycles. The Kier molecular flexibility index (Phi) is 5.46. The summed E-state index contributed by atoms with van der Waals surface area (Å²) in [5.74, 6) is -0.320. The summed E-state index contributed by atoms with van der Waals surface area (Å²) in [5.41, 5.74) is 2.30. The first-order valence-corrected chi connectivity index (χ1v) is 8.16. The van der Waals surface area contributed by atoms with E-state index in [-0.39, 0.29) is 6.61 Å². The maximum absolute atomic E-state index is 10.8. The zero-order valence-electron chi connectivity index (χ0n) is 13.5. The number of hydrogen-bond acceptors (Lipinski definition) is 4. The second kappa shape index (κ2) is 7.95. The predicted molar refractivity (Wildman–Crippen MR) is 92.0 cm³/mol. The Morgan fingerprint density at radius 2 is 1.92 bits per heavy atom. The van der Waals surface area contributed by atoms with Gasteiger partial charge in [-0.25, -0.2) is 4.79 Å². The summed E-state index contributed by atoms with van der Waals surface area (Å²) in [4.78, 5) is 13.2. The van der Waals surface area contributed by atoms with E-state index in [4.69, 9.17) is 9.84 Å². The second-order valence-electron chi connectivity index (χ2n) is 5.89. The number of benzene rings is 2. The maximum Gasteiger partial charge on any atom is 0.341 e. The lowest BCUT2D eigenvalue weighted by Crippen LogP contribution is -2.45. The highest BCUT2D eigenvalue weighted by atomic mass is 16.5. The summed E-state index contributed by atoms with van der Waals surface area (Å²) in [6.07, 6.45) is 0. The number of carboxylic acids is 1. The van der Waals surface area contributed by atoms with Gasteiger partial charge in [0.05, 0.1) is 0 Å². The molecule has 2 aromatic rings. The fourth-order valence-electron chi connectivity index (χ4n) is 3.07. The average molecular weight is 326 g/mol. The van der Waals surface area contributed by atoms with Gasteiger partial charge >= 0.3 is 5.97 Å². The molecule has 0 aromatic heterocycles. The summed E-state index contributed by atoms with van der Waals surface area (Å²) in [6, 6.07) is 18.4. The van der Waals surface area contributed by atoms with Gasteiger partial charge in [0.1, 0.15) is 5.75 Å². The zero-order chi connectivity index (χ0) is 16.8. The summed E-state index contributed by atoms with van der Waals surface area (Å²) >= 11 is 0. The van der Waals surface area contributed by atoms with Crippen LogP contribution in [0.1, 0.15) is 17.2 Å². The third kappa shape index (κ3) is 4.13. The van der Waals surface area contributed by atoms with Crippen LogP contribution in [0.3, 0.4) is 0 Å². The Bertz CT molecular complexity index is 675. The molecule has 0 radical (unpaired) electrons. The lowest BCUT2D eigenvalue weighted by Gasteiger charge is -2.36. The number of hydrogen-bond donors (Lipinski definition) is 2. The Balaban J connectivity index is 1.77. The molecule has 0 saturated carbocycles. The highest BCUT2D eigenvalue weighted by molar-refractivity contribution is 5.68. The van der Waals surface area contributed by atoms with Gasteiger partial charge in [-0.2, -0.15) is 0 Å². The van der Waals surface area contributed by atoms with E-state index in [2.05, 4.69) is 34.5 Å². The van der Waals surface area contributed by atoms with E-state index >= 15 is 0 Å². The Morgan fingerprint density at radius 1 is 1.17 bits per heavy atom. The van der Waals surface area contributed by atoms with Crippen molar-refractivity contribution in [2.45, 2.75) is 12.6 Å². The van der Waals surface area contributed by atoms with Gasteiger partial charge in [0.25, 0.3) is 0 Å². The summed E-state index contributed by atoms with van der Waals surface area (Å²) in [5, 5.41) is 12.3. The normalized spacial score (nSPS) is 18.2. The van der Waals surface area contributed by atoms with Crippen molar-refractivity contribution < 1.29 is 14.6 Å². The Hall–Kier alpha value is -2.37. The molecule has 1 saturated heterocycles. The van der Waals surface area contributed by atoms with Gasteiger partial charge in [0.15, 0.2) is 6.61 Å². The van der Waals surface area contributed by atoms with Crippen LogP contribution < -0.4 is 10.1 Å². The molecule has 1 aliphatic heterocycles. The van der Waals surface area contributed by atoms with E-state index in [1.165, 1.54) is 5.56 Å². The van der Waals surface area contributed by atoms with Gasteiger partial charge in [-0.1, -0.05) is 48.5 Å². The minimum Gasteiger partial charge on any atom is -0.482 e. The van der Waals surface area contributed by atoms with Gasteiger partial charge in [-0.15, -0.1) is 0 Å². The number of carboxylic acid groups (broad SMARTS) is 1. The second-order valence-corrected chi connectivity index (χ2v) is 5.89. The van der Waals surface area contributed by atoms with Gasteiger partial charge in [0, 0.05) is 37.8 Å². The number of aliphatic carboxylic acids is 1. The first-order valence-electron chi connectivity index (χ1n) is 8.16. The number of carbonyl (C=O) groups is 1. The number of nitrogens with one attached hydrogen (secondary N) is 1. The SMILES string of the molecule is O=C(O)COc1ccccc1CN1CCNC[C@H]1c1ccccc1. The van der Waals surface area contributed by atoms with Crippen molar-refractivity contribution in [2.75, 3.05) is 26.2 Å². The van der Waals surface area contributed by atoms with E-state index < -0.39 is 5.97 Å². The molecule has 5 nitrogen and oxygen atoms in total. The molecule has 126 valence electrons. The van der Waals surface area contributed by atoms with Crippen LogP contribution in [0.5, 0.6) is 5.75 Å². The first-order chi connectivity index (χ1) is 11.7. The lowest BCUT2D eigenvalue weighted by molar-refractivity contribution is -0.139. The van der Waals surface area contributed by atoms with E-state index in [1.807, 2.05) is 30.3 Å². The molecule has 3 rings (SSSR count). The number of para-hydroxylation sites is 1. The third-order valence-corrected chi connectivity index (χ3v) is 4.24. The number of ether oxygens (including phenoxy) is 1. The highest BCUT2D eigenvalue weighted by Gasteiger charge is 2.24. The lowest BCUT2D eigenvalue weighted by atomic mass is 10.0. The standard InChI is InChI=1S/C19H22N2O3/c22-19(23)14-24-18-9-5-4-8-16(18)13-21-11-10-20-12-17(21)15-6-2-1-3-7-15/h1-9,17,20H,10-14H2,(H,22,23)/t17-/m0/s1. The van der Waals surface area contributed by atoms with E-state index in [0.29, 0.717) is 11.8 Å². The van der Waals surface area contributed by atoms with Crippen LogP contribution in [0.25, 0.3) is 0 Å². The zero-order valence-corrected chi connectivity index (χ0v) is 13.5. The fraction of sp³-hybridized carbons (Fsp3) is 0.316. The van der Waals surface area contributed by atoms with Crippen LogP contribution in [0.4, 0.5) is 0 Å². The van der Waals surface area contributed by atoms with Crippen molar-refractivity contribution >= 4 is 5.97 Å². The third-order valence-electron chi connectivity index (χ3n) is 4.24. The van der Waals surface area contributed by atoms with Crippen molar-refractivity contribution in [2.24, 2.45) is 0 Å². The Morgan fingerprint density at radius 3 is 2.71 bits per heavy atom. The number of nitrogens with zero attached hydrogens (tertiary/aromatic N) is 1. The first kappa shape index (κ1) is 16.5. The molecule has 24 heavy (non-hydrogen) atoms.